The molecule has 0 radical (unpaired) electrons. The Morgan fingerprint density at radius 3 is 1.81 bits per heavy atom. The monoisotopic (exact) mass is 318 g/mol. The molecule has 2 atom stereocenters. The van der Waals surface area contributed by atoms with E-state index in [9.17, 15) is 0 Å². The zero-order valence-corrected chi connectivity index (χ0v) is 14.6. The molecule has 0 aromatic rings. The molecule has 2 saturated heterocycles. The van der Waals surface area contributed by atoms with Crippen molar-refractivity contribution in [1.82, 2.24) is 0 Å². The summed E-state index contributed by atoms with van der Waals surface area (Å²) in [5.74, 6) is 0. The van der Waals surface area contributed by atoms with Crippen LogP contribution in [0.5, 0.6) is 0 Å². The lowest BCUT2D eigenvalue weighted by atomic mass is 10.5. The third-order valence-electron chi connectivity index (χ3n) is 3.51. The molecular weight excluding hydrogens is 288 g/mol. The molecule has 0 spiro atoms. The second kappa shape index (κ2) is 9.92. The lowest BCUT2D eigenvalue weighted by Crippen LogP contribution is -2.23. The predicted molar refractivity (Wildman–Crippen MR) is 83.3 cm³/mol. The van der Waals surface area contributed by atoms with Gasteiger partial charge in [-0.05, 0) is 38.8 Å². The molecule has 0 N–H and O–H groups in total. The molecule has 0 aromatic heterocycles. The third-order valence-corrected chi connectivity index (χ3v) is 6.54. The van der Waals surface area contributed by atoms with E-state index < -0.39 is 9.04 Å². The van der Waals surface area contributed by atoms with Crippen LogP contribution in [-0.2, 0) is 23.4 Å². The first-order chi connectivity index (χ1) is 10.2. The van der Waals surface area contributed by atoms with E-state index in [1.165, 1.54) is 12.1 Å². The summed E-state index contributed by atoms with van der Waals surface area (Å²) in [6, 6.07) is 2.38. The van der Waals surface area contributed by atoms with Gasteiger partial charge < -0.3 is 23.4 Å². The maximum Gasteiger partial charge on any atom is 0.177 e. The molecule has 2 aliphatic heterocycles. The van der Waals surface area contributed by atoms with Crippen LogP contribution in [0.1, 0.15) is 26.7 Å². The number of hydrogen-bond donors (Lipinski definition) is 0. The van der Waals surface area contributed by atoms with Crippen molar-refractivity contribution in [3.8, 4) is 0 Å². The first kappa shape index (κ1) is 17.4. The van der Waals surface area contributed by atoms with Gasteiger partial charge in [0.25, 0.3) is 0 Å². The molecule has 2 heterocycles. The topological polar surface area (TPSA) is 52.8 Å². The van der Waals surface area contributed by atoms with E-state index in [0.29, 0.717) is 18.3 Å². The van der Waals surface area contributed by atoms with Gasteiger partial charge in [0.2, 0.25) is 0 Å². The number of rotatable bonds is 14. The van der Waals surface area contributed by atoms with E-state index in [2.05, 4.69) is 13.8 Å². The minimum atomic E-state index is -1.12. The molecule has 2 fully saturated rings. The highest BCUT2D eigenvalue weighted by Gasteiger charge is 2.23. The molecule has 0 bridgehead atoms. The normalized spacial score (nSPS) is 25.3. The second-order valence-electron chi connectivity index (χ2n) is 6.15. The summed E-state index contributed by atoms with van der Waals surface area (Å²) < 4.78 is 27.5. The van der Waals surface area contributed by atoms with Crippen LogP contribution >= 0.6 is 0 Å². The first-order valence-corrected chi connectivity index (χ1v) is 10.4. The minimum absolute atomic E-state index is 0.336. The fraction of sp³-hybridized carbons (Fsp3) is 1.00. The van der Waals surface area contributed by atoms with Crippen molar-refractivity contribution in [3.63, 3.8) is 0 Å². The van der Waals surface area contributed by atoms with E-state index in [-0.39, 0.29) is 0 Å². The van der Waals surface area contributed by atoms with Gasteiger partial charge in [-0.15, -0.1) is 0 Å². The van der Waals surface area contributed by atoms with Crippen molar-refractivity contribution in [2.75, 3.05) is 39.6 Å². The summed E-state index contributed by atoms with van der Waals surface area (Å²) in [4.78, 5) is 0. The molecule has 6 heteroatoms. The standard InChI is InChI=1S/C15H30O5Si/c1-13(2)20-21(7-3-5-16-9-14-11-18-14)8-4-6-17-10-15-12-19-15/h13-15,21H,3-12H2,1-2H3. The van der Waals surface area contributed by atoms with Crippen LogP contribution in [-0.4, -0.2) is 67.0 Å². The van der Waals surface area contributed by atoms with Crippen LogP contribution in [0.25, 0.3) is 0 Å². The molecule has 21 heavy (non-hydrogen) atoms. The lowest BCUT2D eigenvalue weighted by Gasteiger charge is -2.19. The van der Waals surface area contributed by atoms with Crippen LogP contribution in [0.3, 0.4) is 0 Å². The van der Waals surface area contributed by atoms with Gasteiger partial charge in [-0.1, -0.05) is 0 Å². The van der Waals surface area contributed by atoms with Crippen molar-refractivity contribution < 1.29 is 23.4 Å². The predicted octanol–water partition coefficient (Wildman–Crippen LogP) is 1.75. The Hall–Kier alpha value is 0.0169. The Morgan fingerprint density at radius 1 is 0.952 bits per heavy atom. The molecule has 0 saturated carbocycles. The highest BCUT2D eigenvalue weighted by molar-refractivity contribution is 6.51. The summed E-state index contributed by atoms with van der Waals surface area (Å²) in [7, 11) is -1.12. The van der Waals surface area contributed by atoms with Crippen LogP contribution in [0.15, 0.2) is 0 Å². The molecule has 2 aliphatic rings. The molecule has 0 amide bonds. The van der Waals surface area contributed by atoms with Gasteiger partial charge in [-0.3, -0.25) is 0 Å². The summed E-state index contributed by atoms with van der Waals surface area (Å²) >= 11 is 0. The summed E-state index contributed by atoms with van der Waals surface area (Å²) in [6.07, 6.45) is 3.29. The van der Waals surface area contributed by atoms with Crippen molar-refractivity contribution in [2.24, 2.45) is 0 Å². The van der Waals surface area contributed by atoms with E-state index in [1.807, 2.05) is 0 Å². The fourth-order valence-electron chi connectivity index (χ4n) is 2.25. The number of ether oxygens (including phenoxy) is 4. The van der Waals surface area contributed by atoms with Gasteiger partial charge >= 0.3 is 0 Å². The zero-order chi connectivity index (χ0) is 14.9. The molecule has 0 aromatic carbocycles. The van der Waals surface area contributed by atoms with Crippen molar-refractivity contribution in [1.29, 1.82) is 0 Å². The van der Waals surface area contributed by atoms with Crippen molar-refractivity contribution in [2.45, 2.75) is 57.1 Å². The smallest absolute Gasteiger partial charge is 0.177 e. The summed E-state index contributed by atoms with van der Waals surface area (Å²) in [6.45, 7) is 9.19. The van der Waals surface area contributed by atoms with Gasteiger partial charge in [-0.25, -0.2) is 0 Å². The highest BCUT2D eigenvalue weighted by atomic mass is 28.3. The second-order valence-corrected chi connectivity index (χ2v) is 8.82. The quantitative estimate of drug-likeness (QED) is 0.277. The minimum Gasteiger partial charge on any atom is -0.418 e. The van der Waals surface area contributed by atoms with E-state index in [0.717, 1.165) is 52.5 Å². The van der Waals surface area contributed by atoms with Crippen molar-refractivity contribution >= 4 is 9.04 Å². The van der Waals surface area contributed by atoms with E-state index in [1.54, 1.807) is 0 Å². The number of epoxide rings is 2. The Labute approximate surface area is 130 Å². The first-order valence-electron chi connectivity index (χ1n) is 8.28. The Bertz CT molecular complexity index is 247. The van der Waals surface area contributed by atoms with Gasteiger partial charge in [0.15, 0.2) is 9.04 Å². The average molecular weight is 318 g/mol. The van der Waals surface area contributed by atoms with Crippen LogP contribution in [0.2, 0.25) is 12.1 Å². The molecular formula is C15H30O5Si. The van der Waals surface area contributed by atoms with Crippen LogP contribution in [0, 0.1) is 0 Å². The van der Waals surface area contributed by atoms with Crippen LogP contribution < -0.4 is 0 Å². The molecule has 2 rings (SSSR count). The zero-order valence-electron chi connectivity index (χ0n) is 13.4. The molecule has 2 unspecified atom stereocenters. The fourth-order valence-corrected chi connectivity index (χ4v) is 4.82. The van der Waals surface area contributed by atoms with Crippen molar-refractivity contribution in [3.05, 3.63) is 0 Å². The third kappa shape index (κ3) is 9.60. The van der Waals surface area contributed by atoms with Crippen LogP contribution in [0.4, 0.5) is 0 Å². The Balaban J connectivity index is 1.46. The average Bonchev–Trinajstić information content (AvgIpc) is 3.31. The molecule has 124 valence electrons. The lowest BCUT2D eigenvalue weighted by molar-refractivity contribution is 0.114. The SMILES string of the molecule is CC(C)O[SiH](CCCOCC1CO1)CCCOCC1CO1. The number of hydrogen-bond acceptors (Lipinski definition) is 5. The Kier molecular flexibility index (Phi) is 8.20. The van der Waals surface area contributed by atoms with E-state index in [4.69, 9.17) is 23.4 Å². The maximum absolute atomic E-state index is 6.11. The summed E-state index contributed by atoms with van der Waals surface area (Å²) in [5, 5.41) is 0. The van der Waals surface area contributed by atoms with E-state index >= 15 is 0 Å². The maximum atomic E-state index is 6.11. The van der Waals surface area contributed by atoms with Gasteiger partial charge in [-0.2, -0.15) is 0 Å². The molecule has 5 nitrogen and oxygen atoms in total. The van der Waals surface area contributed by atoms with Gasteiger partial charge in [0, 0.05) is 19.3 Å². The van der Waals surface area contributed by atoms with Gasteiger partial charge in [0.05, 0.1) is 26.4 Å². The molecule has 0 aliphatic carbocycles. The highest BCUT2D eigenvalue weighted by Crippen LogP contribution is 2.13. The largest absolute Gasteiger partial charge is 0.418 e. The summed E-state index contributed by atoms with van der Waals surface area (Å²) in [5.41, 5.74) is 0. The van der Waals surface area contributed by atoms with Gasteiger partial charge in [0.1, 0.15) is 12.2 Å². The Morgan fingerprint density at radius 2 is 1.43 bits per heavy atom.